The first-order valence-electron chi connectivity index (χ1n) is 7.78. The number of para-hydroxylation sites is 1. The summed E-state index contributed by atoms with van der Waals surface area (Å²) in [5.41, 5.74) is 2.88. The number of carbonyl (C=O) groups excluding carboxylic acids is 1. The molecule has 23 heavy (non-hydrogen) atoms. The summed E-state index contributed by atoms with van der Waals surface area (Å²) in [5.74, 6) is 0.618. The van der Waals surface area contributed by atoms with Crippen molar-refractivity contribution in [1.82, 2.24) is 4.98 Å². The minimum Gasteiger partial charge on any atom is -0.281 e. The molecular formula is C20H19NOS. The monoisotopic (exact) mass is 321 g/mol. The zero-order valence-corrected chi connectivity index (χ0v) is 14.1. The molecule has 1 aromatic heterocycles. The van der Waals surface area contributed by atoms with Crippen molar-refractivity contribution in [2.75, 3.05) is 0 Å². The van der Waals surface area contributed by atoms with Crippen molar-refractivity contribution in [2.45, 2.75) is 25.2 Å². The smallest absolute Gasteiger partial charge is 0.224 e. The molecular weight excluding hydrogens is 302 g/mol. The maximum atomic E-state index is 12.5. The standard InChI is InChI=1S/C20H19NOS/c1-14(2)13-15-8-10-17(11-9-15)20(22)23-18-7-3-5-16-6-4-12-21-19(16)18/h3-12,14H,13H2,1-2H3. The molecule has 0 unspecified atom stereocenters. The van der Waals surface area contributed by atoms with Crippen LogP contribution in [0.5, 0.6) is 0 Å². The fraction of sp³-hybridized carbons (Fsp3) is 0.200. The molecule has 0 amide bonds. The normalized spacial score (nSPS) is 11.1. The van der Waals surface area contributed by atoms with Gasteiger partial charge >= 0.3 is 0 Å². The Morgan fingerprint density at radius 2 is 1.78 bits per heavy atom. The van der Waals surface area contributed by atoms with Gasteiger partial charge in [-0.2, -0.15) is 0 Å². The molecule has 1 heterocycles. The molecule has 2 nitrogen and oxygen atoms in total. The number of fused-ring (bicyclic) bond motifs is 1. The van der Waals surface area contributed by atoms with Gasteiger partial charge in [0, 0.05) is 22.0 Å². The van der Waals surface area contributed by atoms with Crippen LogP contribution in [-0.2, 0) is 6.42 Å². The minimum atomic E-state index is 0.0549. The quantitative estimate of drug-likeness (QED) is 0.605. The lowest BCUT2D eigenvalue weighted by Crippen LogP contribution is -1.97. The first-order valence-corrected chi connectivity index (χ1v) is 8.60. The molecule has 2 aromatic carbocycles. The Kier molecular flexibility index (Phi) is 4.77. The van der Waals surface area contributed by atoms with E-state index in [1.807, 2.05) is 42.5 Å². The molecule has 0 N–H and O–H groups in total. The molecule has 0 radical (unpaired) electrons. The average molecular weight is 321 g/mol. The van der Waals surface area contributed by atoms with Crippen LogP contribution < -0.4 is 0 Å². The number of aromatic nitrogens is 1. The zero-order chi connectivity index (χ0) is 16.2. The van der Waals surface area contributed by atoms with Crippen LogP contribution in [0.4, 0.5) is 0 Å². The summed E-state index contributed by atoms with van der Waals surface area (Å²) in [6.45, 7) is 4.39. The van der Waals surface area contributed by atoms with Gasteiger partial charge < -0.3 is 0 Å². The predicted octanol–water partition coefficient (Wildman–Crippen LogP) is 5.37. The molecule has 0 atom stereocenters. The summed E-state index contributed by atoms with van der Waals surface area (Å²) in [6, 6.07) is 17.8. The van der Waals surface area contributed by atoms with Gasteiger partial charge in [-0.25, -0.2) is 0 Å². The SMILES string of the molecule is CC(C)Cc1ccc(C(=O)Sc2cccc3cccnc23)cc1. The van der Waals surface area contributed by atoms with E-state index in [0.29, 0.717) is 5.92 Å². The Hall–Kier alpha value is -2.13. The van der Waals surface area contributed by atoms with E-state index in [2.05, 4.69) is 31.0 Å². The number of pyridine rings is 1. The van der Waals surface area contributed by atoms with Crippen LogP contribution in [0.15, 0.2) is 65.7 Å². The van der Waals surface area contributed by atoms with Crippen molar-refractivity contribution in [1.29, 1.82) is 0 Å². The van der Waals surface area contributed by atoms with E-state index in [1.54, 1.807) is 6.20 Å². The molecule has 0 saturated carbocycles. The van der Waals surface area contributed by atoms with Gasteiger partial charge in [0.15, 0.2) is 0 Å². The van der Waals surface area contributed by atoms with Gasteiger partial charge in [0.2, 0.25) is 5.12 Å². The van der Waals surface area contributed by atoms with E-state index in [1.165, 1.54) is 17.3 Å². The Bertz CT molecular complexity index is 819. The molecule has 116 valence electrons. The molecule has 0 aliphatic heterocycles. The number of thioether (sulfide) groups is 1. The maximum absolute atomic E-state index is 12.5. The predicted molar refractivity (Wildman–Crippen MR) is 96.9 cm³/mol. The zero-order valence-electron chi connectivity index (χ0n) is 13.3. The van der Waals surface area contributed by atoms with E-state index in [9.17, 15) is 4.79 Å². The molecule has 3 aromatic rings. The van der Waals surface area contributed by atoms with Gasteiger partial charge in [-0.05, 0) is 41.8 Å². The number of carbonyl (C=O) groups is 1. The van der Waals surface area contributed by atoms with E-state index < -0.39 is 0 Å². The van der Waals surface area contributed by atoms with Crippen molar-refractivity contribution in [3.63, 3.8) is 0 Å². The van der Waals surface area contributed by atoms with Gasteiger partial charge in [0.05, 0.1) is 5.52 Å². The van der Waals surface area contributed by atoms with Crippen LogP contribution in [0.25, 0.3) is 10.9 Å². The largest absolute Gasteiger partial charge is 0.281 e. The second-order valence-corrected chi connectivity index (χ2v) is 7.03. The number of rotatable bonds is 4. The summed E-state index contributed by atoms with van der Waals surface area (Å²) >= 11 is 1.24. The van der Waals surface area contributed by atoms with Crippen molar-refractivity contribution < 1.29 is 4.79 Å². The maximum Gasteiger partial charge on any atom is 0.224 e. The first-order chi connectivity index (χ1) is 11.1. The molecule has 0 fully saturated rings. The topological polar surface area (TPSA) is 30.0 Å². The van der Waals surface area contributed by atoms with E-state index in [4.69, 9.17) is 0 Å². The highest BCUT2D eigenvalue weighted by Crippen LogP contribution is 2.29. The minimum absolute atomic E-state index is 0.0549. The third-order valence-electron chi connectivity index (χ3n) is 3.63. The van der Waals surface area contributed by atoms with E-state index in [-0.39, 0.29) is 5.12 Å². The second-order valence-electron chi connectivity index (χ2n) is 6.02. The van der Waals surface area contributed by atoms with Gasteiger partial charge in [-0.15, -0.1) is 0 Å². The van der Waals surface area contributed by atoms with Gasteiger partial charge in [0.1, 0.15) is 0 Å². The third kappa shape index (κ3) is 3.80. The van der Waals surface area contributed by atoms with Crippen molar-refractivity contribution >= 4 is 27.8 Å². The Morgan fingerprint density at radius 1 is 1.04 bits per heavy atom. The van der Waals surface area contributed by atoms with Crippen molar-refractivity contribution in [2.24, 2.45) is 5.92 Å². The van der Waals surface area contributed by atoms with Crippen LogP contribution in [-0.4, -0.2) is 10.1 Å². The number of benzene rings is 2. The first kappa shape index (κ1) is 15.8. The van der Waals surface area contributed by atoms with Crippen molar-refractivity contribution in [3.05, 3.63) is 71.9 Å². The fourth-order valence-electron chi connectivity index (χ4n) is 2.57. The number of hydrogen-bond donors (Lipinski definition) is 0. The van der Waals surface area contributed by atoms with E-state index in [0.717, 1.165) is 27.8 Å². The van der Waals surface area contributed by atoms with Crippen LogP contribution in [0.1, 0.15) is 29.8 Å². The van der Waals surface area contributed by atoms with E-state index >= 15 is 0 Å². The summed E-state index contributed by atoms with van der Waals surface area (Å²) in [7, 11) is 0. The summed E-state index contributed by atoms with van der Waals surface area (Å²) in [5, 5.41) is 1.11. The molecule has 3 heteroatoms. The lowest BCUT2D eigenvalue weighted by atomic mass is 10.0. The van der Waals surface area contributed by atoms with Crippen LogP contribution in [0, 0.1) is 5.92 Å². The Balaban J connectivity index is 1.81. The van der Waals surface area contributed by atoms with Crippen LogP contribution in [0.2, 0.25) is 0 Å². The lowest BCUT2D eigenvalue weighted by molar-refractivity contribution is 0.108. The molecule has 0 aliphatic rings. The average Bonchev–Trinajstić information content (AvgIpc) is 2.55. The Labute approximate surface area is 140 Å². The lowest BCUT2D eigenvalue weighted by Gasteiger charge is -2.07. The number of nitrogens with zero attached hydrogens (tertiary/aromatic N) is 1. The molecule has 0 spiro atoms. The van der Waals surface area contributed by atoms with Crippen LogP contribution >= 0.6 is 11.8 Å². The number of hydrogen-bond acceptors (Lipinski definition) is 3. The molecule has 0 aliphatic carbocycles. The van der Waals surface area contributed by atoms with Crippen LogP contribution in [0.3, 0.4) is 0 Å². The summed E-state index contributed by atoms with van der Waals surface area (Å²) in [4.78, 5) is 17.8. The highest BCUT2D eigenvalue weighted by atomic mass is 32.2. The highest BCUT2D eigenvalue weighted by molar-refractivity contribution is 8.14. The third-order valence-corrected chi connectivity index (χ3v) is 4.60. The second kappa shape index (κ2) is 6.97. The summed E-state index contributed by atoms with van der Waals surface area (Å²) in [6.07, 6.45) is 2.80. The molecule has 3 rings (SSSR count). The van der Waals surface area contributed by atoms with Gasteiger partial charge in [-0.1, -0.05) is 56.3 Å². The Morgan fingerprint density at radius 3 is 2.52 bits per heavy atom. The fourth-order valence-corrected chi connectivity index (χ4v) is 3.43. The van der Waals surface area contributed by atoms with Crippen molar-refractivity contribution in [3.8, 4) is 0 Å². The molecule has 0 bridgehead atoms. The van der Waals surface area contributed by atoms with Gasteiger partial charge in [-0.3, -0.25) is 9.78 Å². The molecule has 0 saturated heterocycles. The van der Waals surface area contributed by atoms with Gasteiger partial charge in [0.25, 0.3) is 0 Å². The highest BCUT2D eigenvalue weighted by Gasteiger charge is 2.11. The summed E-state index contributed by atoms with van der Waals surface area (Å²) < 4.78 is 0.